The fraction of sp³-hybridized carbons (Fsp3) is 0.462. The molecule has 0 amide bonds. The Morgan fingerprint density at radius 2 is 2.12 bits per heavy atom. The van der Waals surface area contributed by atoms with Gasteiger partial charge in [-0.1, -0.05) is 13.3 Å². The summed E-state index contributed by atoms with van der Waals surface area (Å²) in [6.45, 7) is 4.33. The van der Waals surface area contributed by atoms with Crippen LogP contribution in [0.4, 0.5) is 4.39 Å². The average Bonchev–Trinajstić information content (AvgIpc) is 2.28. The second-order valence-corrected chi connectivity index (χ2v) is 3.60. The normalized spacial score (nSPS) is 10.2. The third-order valence-electron chi connectivity index (χ3n) is 2.30. The highest BCUT2D eigenvalue weighted by molar-refractivity contribution is 5.98. The number of carbonyl (C=O) groups is 1. The first-order chi connectivity index (χ1) is 7.69. The van der Waals surface area contributed by atoms with E-state index in [1.54, 1.807) is 0 Å². The molecule has 0 fully saturated rings. The van der Waals surface area contributed by atoms with Crippen LogP contribution in [0.15, 0.2) is 18.2 Å². The van der Waals surface area contributed by atoms with Gasteiger partial charge in [0.1, 0.15) is 11.6 Å². The Morgan fingerprint density at radius 1 is 1.38 bits per heavy atom. The number of benzene rings is 1. The van der Waals surface area contributed by atoms with Crippen molar-refractivity contribution in [2.24, 2.45) is 0 Å². The molecule has 16 heavy (non-hydrogen) atoms. The van der Waals surface area contributed by atoms with Crippen LogP contribution in [0.2, 0.25) is 0 Å². The first kappa shape index (κ1) is 12.7. The molecule has 0 aliphatic carbocycles. The Morgan fingerprint density at radius 3 is 2.75 bits per heavy atom. The zero-order valence-corrected chi connectivity index (χ0v) is 9.75. The van der Waals surface area contributed by atoms with Crippen molar-refractivity contribution >= 4 is 5.78 Å². The molecule has 0 saturated heterocycles. The molecule has 1 aromatic rings. The lowest BCUT2D eigenvalue weighted by Gasteiger charge is -2.09. The van der Waals surface area contributed by atoms with Gasteiger partial charge in [0.05, 0.1) is 12.2 Å². The molecule has 0 N–H and O–H groups in total. The van der Waals surface area contributed by atoms with Gasteiger partial charge in [0.25, 0.3) is 0 Å². The van der Waals surface area contributed by atoms with Gasteiger partial charge in [-0.2, -0.15) is 0 Å². The van der Waals surface area contributed by atoms with E-state index >= 15 is 0 Å². The lowest BCUT2D eigenvalue weighted by Crippen LogP contribution is -2.04. The van der Waals surface area contributed by atoms with Gasteiger partial charge in [-0.05, 0) is 31.5 Å². The van der Waals surface area contributed by atoms with Crippen LogP contribution >= 0.6 is 0 Å². The van der Waals surface area contributed by atoms with E-state index in [1.165, 1.54) is 18.2 Å². The molecule has 0 heterocycles. The molecule has 1 aromatic carbocycles. The summed E-state index contributed by atoms with van der Waals surface area (Å²) in [5.41, 5.74) is 0.357. The second kappa shape index (κ2) is 6.26. The minimum atomic E-state index is -0.400. The second-order valence-electron chi connectivity index (χ2n) is 3.60. The van der Waals surface area contributed by atoms with Crippen molar-refractivity contribution in [3.05, 3.63) is 29.6 Å². The SMILES string of the molecule is CCCCC(=O)c1cc(F)ccc1OCC. The predicted octanol–water partition coefficient (Wildman–Crippen LogP) is 3.60. The standard InChI is InChI=1S/C13H17FO2/c1-3-5-6-12(15)11-9-10(14)7-8-13(11)16-4-2/h7-9H,3-6H2,1-2H3. The van der Waals surface area contributed by atoms with Crippen LogP contribution in [0.25, 0.3) is 0 Å². The minimum absolute atomic E-state index is 0.0511. The van der Waals surface area contributed by atoms with Gasteiger partial charge >= 0.3 is 0 Å². The van der Waals surface area contributed by atoms with Crippen LogP contribution < -0.4 is 4.74 Å². The number of carbonyl (C=O) groups excluding carboxylic acids is 1. The van der Waals surface area contributed by atoms with Gasteiger partial charge in [0.15, 0.2) is 5.78 Å². The highest BCUT2D eigenvalue weighted by Gasteiger charge is 2.12. The molecular formula is C13H17FO2. The van der Waals surface area contributed by atoms with Crippen LogP contribution in [-0.4, -0.2) is 12.4 Å². The molecule has 0 unspecified atom stereocenters. The highest BCUT2D eigenvalue weighted by Crippen LogP contribution is 2.22. The molecule has 2 nitrogen and oxygen atoms in total. The van der Waals surface area contributed by atoms with Crippen LogP contribution in [0.5, 0.6) is 5.75 Å². The van der Waals surface area contributed by atoms with Gasteiger partial charge < -0.3 is 4.74 Å². The van der Waals surface area contributed by atoms with Crippen molar-refractivity contribution in [3.63, 3.8) is 0 Å². The van der Waals surface area contributed by atoms with E-state index in [4.69, 9.17) is 4.74 Å². The molecule has 0 bridgehead atoms. The fourth-order valence-electron chi connectivity index (χ4n) is 1.47. The molecule has 0 spiro atoms. The lowest BCUT2D eigenvalue weighted by molar-refractivity contribution is 0.0975. The van der Waals surface area contributed by atoms with Crippen molar-refractivity contribution in [1.82, 2.24) is 0 Å². The Bertz CT molecular complexity index is 361. The Hall–Kier alpha value is -1.38. The van der Waals surface area contributed by atoms with Gasteiger partial charge in [-0.25, -0.2) is 4.39 Å². The predicted molar refractivity (Wildman–Crippen MR) is 61.4 cm³/mol. The van der Waals surface area contributed by atoms with Crippen molar-refractivity contribution in [2.75, 3.05) is 6.61 Å². The summed E-state index contributed by atoms with van der Waals surface area (Å²) >= 11 is 0. The van der Waals surface area contributed by atoms with E-state index in [0.29, 0.717) is 24.3 Å². The molecule has 0 saturated carbocycles. The number of hydrogen-bond donors (Lipinski definition) is 0. The van der Waals surface area contributed by atoms with Crippen LogP contribution in [0.1, 0.15) is 43.5 Å². The molecule has 0 aromatic heterocycles. The van der Waals surface area contributed by atoms with E-state index < -0.39 is 5.82 Å². The number of hydrogen-bond acceptors (Lipinski definition) is 2. The molecular weight excluding hydrogens is 207 g/mol. The van der Waals surface area contributed by atoms with Crippen molar-refractivity contribution in [1.29, 1.82) is 0 Å². The van der Waals surface area contributed by atoms with Crippen LogP contribution in [-0.2, 0) is 0 Å². The lowest BCUT2D eigenvalue weighted by atomic mass is 10.0. The Kier molecular flexibility index (Phi) is 4.96. The third-order valence-corrected chi connectivity index (χ3v) is 2.30. The number of halogens is 1. The van der Waals surface area contributed by atoms with E-state index in [1.807, 2.05) is 13.8 Å². The number of Topliss-reactive ketones (excluding diaryl/α,β-unsaturated/α-hetero) is 1. The first-order valence-corrected chi connectivity index (χ1v) is 5.64. The maximum Gasteiger partial charge on any atom is 0.166 e. The van der Waals surface area contributed by atoms with Crippen LogP contribution in [0.3, 0.4) is 0 Å². The topological polar surface area (TPSA) is 26.3 Å². The summed E-state index contributed by atoms with van der Waals surface area (Å²) < 4.78 is 18.4. The maximum absolute atomic E-state index is 13.1. The molecule has 0 aliphatic heterocycles. The van der Waals surface area contributed by atoms with E-state index in [0.717, 1.165) is 12.8 Å². The fourth-order valence-corrected chi connectivity index (χ4v) is 1.47. The molecule has 0 atom stereocenters. The highest BCUT2D eigenvalue weighted by atomic mass is 19.1. The van der Waals surface area contributed by atoms with Crippen molar-refractivity contribution in [2.45, 2.75) is 33.1 Å². The number of rotatable bonds is 6. The summed E-state index contributed by atoms with van der Waals surface area (Å²) in [6.07, 6.45) is 2.21. The third kappa shape index (κ3) is 3.33. The van der Waals surface area contributed by atoms with E-state index in [2.05, 4.69) is 0 Å². The summed E-state index contributed by atoms with van der Waals surface area (Å²) in [7, 11) is 0. The summed E-state index contributed by atoms with van der Waals surface area (Å²) in [4.78, 5) is 11.8. The smallest absolute Gasteiger partial charge is 0.166 e. The first-order valence-electron chi connectivity index (χ1n) is 5.64. The molecule has 88 valence electrons. The van der Waals surface area contributed by atoms with Gasteiger partial charge in [0.2, 0.25) is 0 Å². The monoisotopic (exact) mass is 224 g/mol. The minimum Gasteiger partial charge on any atom is -0.493 e. The van der Waals surface area contributed by atoms with E-state index in [9.17, 15) is 9.18 Å². The molecule has 3 heteroatoms. The number of ether oxygens (including phenoxy) is 1. The maximum atomic E-state index is 13.1. The molecule has 0 aliphatic rings. The number of ketones is 1. The zero-order chi connectivity index (χ0) is 12.0. The Balaban J connectivity index is 2.90. The van der Waals surface area contributed by atoms with Gasteiger partial charge in [-0.15, -0.1) is 0 Å². The van der Waals surface area contributed by atoms with Crippen LogP contribution in [0, 0.1) is 5.82 Å². The number of unbranched alkanes of at least 4 members (excludes halogenated alkanes) is 1. The summed E-state index contributed by atoms with van der Waals surface area (Å²) in [5, 5.41) is 0. The molecule has 1 rings (SSSR count). The van der Waals surface area contributed by atoms with Gasteiger partial charge in [-0.3, -0.25) is 4.79 Å². The largest absolute Gasteiger partial charge is 0.493 e. The van der Waals surface area contributed by atoms with Crippen molar-refractivity contribution in [3.8, 4) is 5.75 Å². The zero-order valence-electron chi connectivity index (χ0n) is 9.75. The summed E-state index contributed by atoms with van der Waals surface area (Å²) in [5.74, 6) is 0.0260. The van der Waals surface area contributed by atoms with Crippen molar-refractivity contribution < 1.29 is 13.9 Å². The average molecular weight is 224 g/mol. The Labute approximate surface area is 95.4 Å². The van der Waals surface area contributed by atoms with E-state index in [-0.39, 0.29) is 5.78 Å². The molecule has 0 radical (unpaired) electrons. The summed E-state index contributed by atoms with van der Waals surface area (Å²) in [6, 6.07) is 4.07. The quantitative estimate of drug-likeness (QED) is 0.690. The van der Waals surface area contributed by atoms with Gasteiger partial charge in [0, 0.05) is 6.42 Å².